The van der Waals surface area contributed by atoms with E-state index in [0.717, 1.165) is 23.8 Å². The average molecular weight is 281 g/mol. The smallest absolute Gasteiger partial charge is 0.148 e. The van der Waals surface area contributed by atoms with Gasteiger partial charge < -0.3 is 15.1 Å². The van der Waals surface area contributed by atoms with Crippen molar-refractivity contribution in [3.63, 3.8) is 0 Å². The minimum Gasteiger partial charge on any atom is -0.377 e. The molecule has 0 amide bonds. The van der Waals surface area contributed by atoms with Crippen LogP contribution in [0.25, 0.3) is 0 Å². The number of anilines is 2. The standard InChI is InChI=1S/C14H27N5O/c1-9(2)12-16-13(18-15)11(5)14(17-12)19(6)7-8-20-10(3)4/h9-10H,7-8,15H2,1-6H3,(H,16,17,18). The SMILES string of the molecule is Cc1c(NN)nc(C(C)C)nc1N(C)CCOC(C)C. The van der Waals surface area contributed by atoms with Gasteiger partial charge in [0, 0.05) is 25.1 Å². The van der Waals surface area contributed by atoms with Gasteiger partial charge in [0.25, 0.3) is 0 Å². The Hall–Kier alpha value is -1.40. The van der Waals surface area contributed by atoms with Gasteiger partial charge in [0.15, 0.2) is 0 Å². The van der Waals surface area contributed by atoms with Crippen molar-refractivity contribution in [1.29, 1.82) is 0 Å². The zero-order valence-electron chi connectivity index (χ0n) is 13.4. The fourth-order valence-corrected chi connectivity index (χ4v) is 1.82. The molecular weight excluding hydrogens is 254 g/mol. The van der Waals surface area contributed by atoms with Gasteiger partial charge in [-0.25, -0.2) is 15.8 Å². The van der Waals surface area contributed by atoms with Crippen molar-refractivity contribution in [1.82, 2.24) is 9.97 Å². The van der Waals surface area contributed by atoms with E-state index in [1.54, 1.807) is 0 Å². The molecule has 0 saturated carbocycles. The molecule has 1 aromatic rings. The molecule has 1 aromatic heterocycles. The third-order valence-electron chi connectivity index (χ3n) is 3.03. The molecule has 0 aliphatic carbocycles. The van der Waals surface area contributed by atoms with Gasteiger partial charge in [0.2, 0.25) is 0 Å². The molecule has 0 aliphatic heterocycles. The van der Waals surface area contributed by atoms with Crippen LogP contribution in [-0.2, 0) is 4.74 Å². The van der Waals surface area contributed by atoms with Crippen LogP contribution in [0.4, 0.5) is 11.6 Å². The number of rotatable bonds is 7. The molecular formula is C14H27N5O. The molecule has 0 fully saturated rings. The molecule has 0 bridgehead atoms. The zero-order chi connectivity index (χ0) is 15.3. The first-order valence-corrected chi connectivity index (χ1v) is 7.04. The topological polar surface area (TPSA) is 76.3 Å². The summed E-state index contributed by atoms with van der Waals surface area (Å²) in [6.45, 7) is 11.6. The maximum atomic E-state index is 5.58. The molecule has 1 rings (SSSR count). The molecule has 20 heavy (non-hydrogen) atoms. The molecule has 6 nitrogen and oxygen atoms in total. The van der Waals surface area contributed by atoms with E-state index in [4.69, 9.17) is 10.6 Å². The van der Waals surface area contributed by atoms with Gasteiger partial charge in [0.1, 0.15) is 17.5 Å². The molecule has 0 unspecified atom stereocenters. The maximum absolute atomic E-state index is 5.58. The third-order valence-corrected chi connectivity index (χ3v) is 3.03. The summed E-state index contributed by atoms with van der Waals surface area (Å²) in [6, 6.07) is 0. The van der Waals surface area contributed by atoms with Crippen molar-refractivity contribution >= 4 is 11.6 Å². The lowest BCUT2D eigenvalue weighted by Gasteiger charge is -2.23. The van der Waals surface area contributed by atoms with Crippen molar-refractivity contribution in [2.45, 2.75) is 46.6 Å². The van der Waals surface area contributed by atoms with E-state index < -0.39 is 0 Å². The lowest BCUT2D eigenvalue weighted by atomic mass is 10.2. The molecule has 0 saturated heterocycles. The van der Waals surface area contributed by atoms with Crippen LogP contribution in [0.5, 0.6) is 0 Å². The normalized spacial score (nSPS) is 11.2. The highest BCUT2D eigenvalue weighted by molar-refractivity contribution is 5.58. The Kier molecular flexibility index (Phi) is 6.16. The number of likely N-dealkylation sites (N-methyl/N-ethyl adjacent to an activating group) is 1. The largest absolute Gasteiger partial charge is 0.377 e. The molecule has 6 heteroatoms. The van der Waals surface area contributed by atoms with Gasteiger partial charge >= 0.3 is 0 Å². The van der Waals surface area contributed by atoms with Gasteiger partial charge in [-0.15, -0.1) is 0 Å². The number of hydrogen-bond donors (Lipinski definition) is 2. The maximum Gasteiger partial charge on any atom is 0.148 e. The summed E-state index contributed by atoms with van der Waals surface area (Å²) in [5.74, 6) is 8.15. The minimum atomic E-state index is 0.238. The quantitative estimate of drug-likeness (QED) is 0.588. The Balaban J connectivity index is 2.94. The second kappa shape index (κ2) is 7.40. The van der Waals surface area contributed by atoms with Gasteiger partial charge in [-0.05, 0) is 20.8 Å². The fraction of sp³-hybridized carbons (Fsp3) is 0.714. The van der Waals surface area contributed by atoms with E-state index in [1.165, 1.54) is 0 Å². The first kappa shape index (κ1) is 16.7. The van der Waals surface area contributed by atoms with Crippen LogP contribution in [0, 0.1) is 6.92 Å². The van der Waals surface area contributed by atoms with Crippen molar-refractivity contribution in [3.8, 4) is 0 Å². The monoisotopic (exact) mass is 281 g/mol. The third kappa shape index (κ3) is 4.31. The van der Waals surface area contributed by atoms with Gasteiger partial charge in [0.05, 0.1) is 12.7 Å². The molecule has 0 aliphatic rings. The number of hydrazine groups is 1. The van der Waals surface area contributed by atoms with Crippen molar-refractivity contribution in [2.75, 3.05) is 30.5 Å². The summed E-state index contributed by atoms with van der Waals surface area (Å²) >= 11 is 0. The van der Waals surface area contributed by atoms with Crippen LogP contribution in [0.3, 0.4) is 0 Å². The summed E-state index contributed by atoms with van der Waals surface area (Å²) in [5, 5.41) is 0. The molecule has 0 atom stereocenters. The number of ether oxygens (including phenoxy) is 1. The number of nitrogens with one attached hydrogen (secondary N) is 1. The number of nitrogen functional groups attached to an aromatic ring is 1. The highest BCUT2D eigenvalue weighted by atomic mass is 16.5. The second-order valence-electron chi connectivity index (χ2n) is 5.52. The summed E-state index contributed by atoms with van der Waals surface area (Å²) in [5.41, 5.74) is 3.60. The van der Waals surface area contributed by atoms with Crippen molar-refractivity contribution in [3.05, 3.63) is 11.4 Å². The molecule has 114 valence electrons. The Morgan fingerprint density at radius 2 is 1.90 bits per heavy atom. The summed E-state index contributed by atoms with van der Waals surface area (Å²) in [4.78, 5) is 11.2. The molecule has 3 N–H and O–H groups in total. The van der Waals surface area contributed by atoms with Crippen LogP contribution >= 0.6 is 0 Å². The minimum absolute atomic E-state index is 0.238. The number of aromatic nitrogens is 2. The average Bonchev–Trinajstić information content (AvgIpc) is 2.38. The lowest BCUT2D eigenvalue weighted by molar-refractivity contribution is 0.0845. The zero-order valence-corrected chi connectivity index (χ0v) is 13.4. The van der Waals surface area contributed by atoms with E-state index >= 15 is 0 Å². The van der Waals surface area contributed by atoms with E-state index in [1.807, 2.05) is 27.8 Å². The van der Waals surface area contributed by atoms with Gasteiger partial charge in [-0.3, -0.25) is 0 Å². The first-order valence-electron chi connectivity index (χ1n) is 7.04. The Morgan fingerprint density at radius 3 is 2.40 bits per heavy atom. The summed E-state index contributed by atoms with van der Waals surface area (Å²) in [6.07, 6.45) is 0.238. The predicted octanol–water partition coefficient (Wildman–Crippen LogP) is 2.06. The van der Waals surface area contributed by atoms with Gasteiger partial charge in [-0.1, -0.05) is 13.8 Å². The van der Waals surface area contributed by atoms with E-state index in [2.05, 4.69) is 34.1 Å². The summed E-state index contributed by atoms with van der Waals surface area (Å²) < 4.78 is 5.58. The van der Waals surface area contributed by atoms with Crippen LogP contribution in [0.1, 0.15) is 45.0 Å². The van der Waals surface area contributed by atoms with Crippen molar-refractivity contribution < 1.29 is 4.74 Å². The van der Waals surface area contributed by atoms with E-state index in [0.29, 0.717) is 12.4 Å². The highest BCUT2D eigenvalue weighted by Gasteiger charge is 2.15. The number of nitrogens with zero attached hydrogens (tertiary/aromatic N) is 3. The molecule has 0 spiro atoms. The van der Waals surface area contributed by atoms with E-state index in [-0.39, 0.29) is 12.0 Å². The fourth-order valence-electron chi connectivity index (χ4n) is 1.82. The van der Waals surface area contributed by atoms with E-state index in [9.17, 15) is 0 Å². The van der Waals surface area contributed by atoms with Crippen LogP contribution < -0.4 is 16.2 Å². The van der Waals surface area contributed by atoms with Crippen molar-refractivity contribution in [2.24, 2.45) is 5.84 Å². The highest BCUT2D eigenvalue weighted by Crippen LogP contribution is 2.24. The van der Waals surface area contributed by atoms with Crippen LogP contribution in [-0.4, -0.2) is 36.3 Å². The van der Waals surface area contributed by atoms with Gasteiger partial charge in [-0.2, -0.15) is 0 Å². The lowest BCUT2D eigenvalue weighted by Crippen LogP contribution is -2.27. The predicted molar refractivity (Wildman–Crippen MR) is 83.0 cm³/mol. The molecule has 0 radical (unpaired) electrons. The molecule has 1 heterocycles. The second-order valence-corrected chi connectivity index (χ2v) is 5.52. The Morgan fingerprint density at radius 1 is 1.25 bits per heavy atom. The molecule has 0 aromatic carbocycles. The first-order chi connectivity index (χ1) is 9.36. The Labute approximate surface area is 121 Å². The Bertz CT molecular complexity index is 434. The van der Waals surface area contributed by atoms with Crippen LogP contribution in [0.15, 0.2) is 0 Å². The van der Waals surface area contributed by atoms with Crippen LogP contribution in [0.2, 0.25) is 0 Å². The number of hydrogen-bond acceptors (Lipinski definition) is 6. The number of nitrogens with two attached hydrogens (primary N) is 1. The summed E-state index contributed by atoms with van der Waals surface area (Å²) in [7, 11) is 2.00.